The van der Waals surface area contributed by atoms with Gasteiger partial charge in [-0.15, -0.1) is 0 Å². The Kier molecular flexibility index (Phi) is 3.09. The summed E-state index contributed by atoms with van der Waals surface area (Å²) >= 11 is 0. The molecular formula is C7H16N2O2S. The zero-order valence-electron chi connectivity index (χ0n) is 7.58. The van der Waals surface area contributed by atoms with Crippen molar-refractivity contribution in [2.24, 2.45) is 5.92 Å². The molecule has 0 spiro atoms. The average molecular weight is 192 g/mol. The van der Waals surface area contributed by atoms with Crippen LogP contribution in [-0.4, -0.2) is 32.4 Å². The minimum Gasteiger partial charge on any atom is -0.202 e. The van der Waals surface area contributed by atoms with Gasteiger partial charge in [-0.2, -0.15) is 12.7 Å². The molecule has 0 atom stereocenters. The number of hydrogen-bond acceptors (Lipinski definition) is 2. The smallest absolute Gasteiger partial charge is 0.202 e. The zero-order chi connectivity index (χ0) is 9.19. The van der Waals surface area contributed by atoms with Crippen LogP contribution in [0.2, 0.25) is 0 Å². The van der Waals surface area contributed by atoms with Gasteiger partial charge in [0.05, 0.1) is 0 Å². The van der Waals surface area contributed by atoms with Gasteiger partial charge in [-0.25, -0.2) is 4.72 Å². The molecule has 5 heteroatoms. The molecule has 1 fully saturated rings. The molecule has 0 aromatic heterocycles. The van der Waals surface area contributed by atoms with Crippen molar-refractivity contribution in [3.8, 4) is 0 Å². The van der Waals surface area contributed by atoms with Crippen molar-refractivity contribution < 1.29 is 8.42 Å². The summed E-state index contributed by atoms with van der Waals surface area (Å²) in [5, 5.41) is 0. The maximum absolute atomic E-state index is 11.3. The largest absolute Gasteiger partial charge is 0.279 e. The first-order valence-corrected chi connectivity index (χ1v) is 5.71. The highest BCUT2D eigenvalue weighted by Gasteiger charge is 2.25. The fourth-order valence-electron chi connectivity index (χ4n) is 1.26. The number of nitrogens with zero attached hydrogens (tertiary/aromatic N) is 1. The second-order valence-corrected chi connectivity index (χ2v) is 5.26. The van der Waals surface area contributed by atoms with Crippen molar-refractivity contribution in [3.05, 3.63) is 0 Å². The summed E-state index contributed by atoms with van der Waals surface area (Å²) in [5.41, 5.74) is 0. The molecule has 1 rings (SSSR count). The molecule has 1 saturated heterocycles. The highest BCUT2D eigenvalue weighted by Crippen LogP contribution is 2.08. The van der Waals surface area contributed by atoms with Crippen LogP contribution in [0, 0.1) is 5.92 Å². The molecule has 0 amide bonds. The molecule has 4 nitrogen and oxygen atoms in total. The molecule has 1 aliphatic rings. The van der Waals surface area contributed by atoms with E-state index in [2.05, 4.69) is 4.72 Å². The van der Waals surface area contributed by atoms with Gasteiger partial charge in [0, 0.05) is 19.6 Å². The lowest BCUT2D eigenvalue weighted by Crippen LogP contribution is -2.48. The maximum Gasteiger partial charge on any atom is 0.279 e. The van der Waals surface area contributed by atoms with E-state index in [-0.39, 0.29) is 0 Å². The van der Waals surface area contributed by atoms with E-state index in [0.717, 1.165) is 6.42 Å². The molecule has 0 bridgehead atoms. The van der Waals surface area contributed by atoms with E-state index in [4.69, 9.17) is 0 Å². The summed E-state index contributed by atoms with van der Waals surface area (Å²) in [6.07, 6.45) is 0.909. The van der Waals surface area contributed by atoms with E-state index in [1.165, 1.54) is 4.31 Å². The van der Waals surface area contributed by atoms with Gasteiger partial charge in [-0.3, -0.25) is 0 Å². The summed E-state index contributed by atoms with van der Waals surface area (Å²) < 4.78 is 26.7. The van der Waals surface area contributed by atoms with Gasteiger partial charge in [-0.1, -0.05) is 13.8 Å². The lowest BCUT2D eigenvalue weighted by Gasteiger charge is -2.27. The van der Waals surface area contributed by atoms with Gasteiger partial charge in [0.25, 0.3) is 10.2 Å². The van der Waals surface area contributed by atoms with Crippen molar-refractivity contribution >= 4 is 10.2 Å². The average Bonchev–Trinajstić information content (AvgIpc) is 1.92. The fraction of sp³-hybridized carbons (Fsp3) is 1.00. The first-order valence-electron chi connectivity index (χ1n) is 4.27. The molecule has 0 aromatic carbocycles. The van der Waals surface area contributed by atoms with Crippen LogP contribution < -0.4 is 4.72 Å². The van der Waals surface area contributed by atoms with Gasteiger partial charge in [-0.05, 0) is 12.3 Å². The van der Waals surface area contributed by atoms with Gasteiger partial charge >= 0.3 is 0 Å². The molecule has 0 aliphatic carbocycles. The van der Waals surface area contributed by atoms with Crippen molar-refractivity contribution in [2.45, 2.75) is 20.3 Å². The molecule has 72 valence electrons. The van der Waals surface area contributed by atoms with Crippen LogP contribution in [0.25, 0.3) is 0 Å². The Morgan fingerprint density at radius 1 is 1.50 bits per heavy atom. The quantitative estimate of drug-likeness (QED) is 0.678. The lowest BCUT2D eigenvalue weighted by molar-refractivity contribution is 0.340. The second-order valence-electron chi connectivity index (χ2n) is 3.50. The SMILES string of the molecule is CC(C)CN1CCCNS1(=O)=O. The molecule has 0 saturated carbocycles. The van der Waals surface area contributed by atoms with Gasteiger partial charge < -0.3 is 0 Å². The first kappa shape index (κ1) is 9.95. The van der Waals surface area contributed by atoms with Crippen LogP contribution >= 0.6 is 0 Å². The molecule has 12 heavy (non-hydrogen) atoms. The van der Waals surface area contributed by atoms with E-state index in [0.29, 0.717) is 25.6 Å². The normalized spacial score (nSPS) is 24.6. The Bertz CT molecular complexity index is 236. The summed E-state index contributed by atoms with van der Waals surface area (Å²) in [5.74, 6) is 0.389. The molecule has 1 aliphatic heterocycles. The van der Waals surface area contributed by atoms with Gasteiger partial charge in [0.2, 0.25) is 0 Å². The van der Waals surface area contributed by atoms with E-state index < -0.39 is 10.2 Å². The van der Waals surface area contributed by atoms with E-state index in [1.807, 2.05) is 13.8 Å². The molecule has 0 unspecified atom stereocenters. The van der Waals surface area contributed by atoms with E-state index in [1.54, 1.807) is 0 Å². The van der Waals surface area contributed by atoms with Crippen LogP contribution in [0.1, 0.15) is 20.3 Å². The monoisotopic (exact) mass is 192 g/mol. The highest BCUT2D eigenvalue weighted by atomic mass is 32.2. The topological polar surface area (TPSA) is 49.4 Å². The standard InChI is InChI=1S/C7H16N2O2S/c1-7(2)6-9-5-3-4-8-12(9,10)11/h7-8H,3-6H2,1-2H3. The Labute approximate surface area is 74.1 Å². The third kappa shape index (κ3) is 2.43. The Morgan fingerprint density at radius 2 is 2.17 bits per heavy atom. The van der Waals surface area contributed by atoms with Crippen molar-refractivity contribution in [1.29, 1.82) is 0 Å². The predicted molar refractivity (Wildman–Crippen MR) is 48.0 cm³/mol. The Morgan fingerprint density at radius 3 is 2.67 bits per heavy atom. The molecule has 1 heterocycles. The Balaban J connectivity index is 2.61. The summed E-state index contributed by atoms with van der Waals surface area (Å²) in [4.78, 5) is 0. The first-order chi connectivity index (χ1) is 5.52. The highest BCUT2D eigenvalue weighted by molar-refractivity contribution is 7.87. The van der Waals surface area contributed by atoms with Gasteiger partial charge in [0.1, 0.15) is 0 Å². The van der Waals surface area contributed by atoms with Crippen molar-refractivity contribution in [2.75, 3.05) is 19.6 Å². The molecule has 0 radical (unpaired) electrons. The minimum atomic E-state index is -3.14. The molecule has 0 aromatic rings. The summed E-state index contributed by atoms with van der Waals surface area (Å²) in [6.45, 7) is 5.90. The van der Waals surface area contributed by atoms with Crippen LogP contribution in [-0.2, 0) is 10.2 Å². The summed E-state index contributed by atoms with van der Waals surface area (Å²) in [6, 6.07) is 0. The second kappa shape index (κ2) is 3.72. The van der Waals surface area contributed by atoms with E-state index >= 15 is 0 Å². The van der Waals surface area contributed by atoms with E-state index in [9.17, 15) is 8.42 Å². The molecular weight excluding hydrogens is 176 g/mol. The van der Waals surface area contributed by atoms with Crippen LogP contribution in [0.3, 0.4) is 0 Å². The number of hydrogen-bond donors (Lipinski definition) is 1. The third-order valence-electron chi connectivity index (χ3n) is 1.78. The zero-order valence-corrected chi connectivity index (χ0v) is 8.39. The summed E-state index contributed by atoms with van der Waals surface area (Å²) in [7, 11) is -3.14. The number of rotatable bonds is 2. The van der Waals surface area contributed by atoms with Crippen molar-refractivity contribution in [1.82, 2.24) is 9.03 Å². The maximum atomic E-state index is 11.3. The van der Waals surface area contributed by atoms with Crippen molar-refractivity contribution in [3.63, 3.8) is 0 Å². The van der Waals surface area contributed by atoms with Gasteiger partial charge in [0.15, 0.2) is 0 Å². The van der Waals surface area contributed by atoms with Crippen LogP contribution in [0.15, 0.2) is 0 Å². The Hall–Kier alpha value is -0.130. The van der Waals surface area contributed by atoms with Crippen LogP contribution in [0.4, 0.5) is 0 Å². The minimum absolute atomic E-state index is 0.389. The fourth-order valence-corrected chi connectivity index (χ4v) is 2.71. The number of nitrogens with one attached hydrogen (secondary N) is 1. The third-order valence-corrected chi connectivity index (χ3v) is 3.36. The molecule has 1 N–H and O–H groups in total. The lowest BCUT2D eigenvalue weighted by atomic mass is 10.2. The van der Waals surface area contributed by atoms with Crippen LogP contribution in [0.5, 0.6) is 0 Å². The predicted octanol–water partition coefficient (Wildman–Crippen LogP) is 0.183.